The van der Waals surface area contributed by atoms with E-state index in [4.69, 9.17) is 16.3 Å². The van der Waals surface area contributed by atoms with Crippen LogP contribution in [-0.4, -0.2) is 11.1 Å². The van der Waals surface area contributed by atoms with Crippen molar-refractivity contribution in [3.63, 3.8) is 0 Å². The average Bonchev–Trinajstić information content (AvgIpc) is 2.95. The van der Waals surface area contributed by atoms with Gasteiger partial charge in [0, 0.05) is 10.9 Å². The van der Waals surface area contributed by atoms with Gasteiger partial charge in [0.1, 0.15) is 5.01 Å². The summed E-state index contributed by atoms with van der Waals surface area (Å²) in [4.78, 5) is 4.52. The molecule has 0 aliphatic rings. The third kappa shape index (κ3) is 4.53. The molecule has 4 heteroatoms. The number of alkyl halides is 1. The van der Waals surface area contributed by atoms with Gasteiger partial charge in [-0.05, 0) is 37.5 Å². The Bertz CT molecular complexity index is 582. The summed E-state index contributed by atoms with van der Waals surface area (Å²) >= 11 is 7.45. The molecule has 0 saturated carbocycles. The lowest BCUT2D eigenvalue weighted by Crippen LogP contribution is -2.08. The Labute approximate surface area is 136 Å². The van der Waals surface area contributed by atoms with Gasteiger partial charge in [0.2, 0.25) is 0 Å². The highest BCUT2D eigenvalue weighted by molar-refractivity contribution is 7.13. The minimum Gasteiger partial charge on any atom is -0.374 e. The number of halogens is 1. The van der Waals surface area contributed by atoms with Crippen molar-refractivity contribution in [1.82, 2.24) is 4.98 Å². The number of aromatic nitrogens is 1. The van der Waals surface area contributed by atoms with Gasteiger partial charge >= 0.3 is 0 Å². The number of rotatable bonds is 7. The number of hydrogen-bond acceptors (Lipinski definition) is 3. The molecule has 0 spiro atoms. The van der Waals surface area contributed by atoms with Gasteiger partial charge in [-0.3, -0.25) is 0 Å². The molecule has 1 aromatic carbocycles. The van der Waals surface area contributed by atoms with E-state index >= 15 is 0 Å². The number of nitrogens with zero attached hydrogens (tertiary/aromatic N) is 1. The molecule has 0 aliphatic heterocycles. The number of ether oxygens (including phenoxy) is 1. The van der Waals surface area contributed by atoms with Gasteiger partial charge in [0.05, 0.1) is 24.3 Å². The first-order valence-corrected chi connectivity index (χ1v) is 8.77. The molecule has 2 nitrogen and oxygen atoms in total. The SMILES string of the molecule is CCCC(C)OCc1ccc(-c2nc(CCl)cs2)cc1C. The minimum absolute atomic E-state index is 0.319. The second-order valence-corrected chi connectivity index (χ2v) is 6.45. The lowest BCUT2D eigenvalue weighted by Gasteiger charge is -2.13. The van der Waals surface area contributed by atoms with Gasteiger partial charge in [-0.15, -0.1) is 22.9 Å². The van der Waals surface area contributed by atoms with Crippen LogP contribution in [0, 0.1) is 6.92 Å². The van der Waals surface area contributed by atoms with E-state index in [1.165, 1.54) is 11.1 Å². The normalized spacial score (nSPS) is 12.6. The lowest BCUT2D eigenvalue weighted by atomic mass is 10.1. The molecule has 1 atom stereocenters. The summed E-state index contributed by atoms with van der Waals surface area (Å²) < 4.78 is 5.89. The van der Waals surface area contributed by atoms with Crippen molar-refractivity contribution < 1.29 is 4.74 Å². The maximum Gasteiger partial charge on any atom is 0.123 e. The second kappa shape index (κ2) is 7.92. The van der Waals surface area contributed by atoms with Crippen LogP contribution in [0.25, 0.3) is 10.6 Å². The molecule has 0 aliphatic carbocycles. The summed E-state index contributed by atoms with van der Waals surface area (Å²) in [7, 11) is 0. The second-order valence-electron chi connectivity index (χ2n) is 5.33. The van der Waals surface area contributed by atoms with E-state index in [1.807, 2.05) is 5.38 Å². The van der Waals surface area contributed by atoms with Crippen molar-refractivity contribution in [2.75, 3.05) is 0 Å². The molecule has 2 rings (SSSR count). The molecule has 0 saturated heterocycles. The first kappa shape index (κ1) is 16.5. The third-order valence-corrected chi connectivity index (χ3v) is 4.71. The van der Waals surface area contributed by atoms with Crippen LogP contribution in [0.5, 0.6) is 0 Å². The van der Waals surface area contributed by atoms with Crippen molar-refractivity contribution in [2.24, 2.45) is 0 Å². The van der Waals surface area contributed by atoms with Crippen molar-refractivity contribution >= 4 is 22.9 Å². The number of benzene rings is 1. The fourth-order valence-corrected chi connectivity index (χ4v) is 3.26. The van der Waals surface area contributed by atoms with Crippen molar-refractivity contribution in [3.8, 4) is 10.6 Å². The van der Waals surface area contributed by atoms with Crippen LogP contribution < -0.4 is 0 Å². The first-order valence-electron chi connectivity index (χ1n) is 7.36. The summed E-state index contributed by atoms with van der Waals surface area (Å²) in [5.74, 6) is 0.469. The van der Waals surface area contributed by atoms with E-state index in [-0.39, 0.29) is 0 Å². The Kier molecular flexibility index (Phi) is 6.22. The average molecular weight is 324 g/mol. The molecule has 0 N–H and O–H groups in total. The van der Waals surface area contributed by atoms with Crippen LogP contribution in [0.15, 0.2) is 23.6 Å². The highest BCUT2D eigenvalue weighted by Crippen LogP contribution is 2.26. The topological polar surface area (TPSA) is 22.1 Å². The van der Waals surface area contributed by atoms with Crippen LogP contribution in [-0.2, 0) is 17.2 Å². The fraction of sp³-hybridized carbons (Fsp3) is 0.471. The smallest absolute Gasteiger partial charge is 0.123 e. The molecule has 0 bridgehead atoms. The van der Waals surface area contributed by atoms with Gasteiger partial charge in [-0.2, -0.15) is 0 Å². The van der Waals surface area contributed by atoms with Crippen LogP contribution in [0.3, 0.4) is 0 Å². The maximum atomic E-state index is 5.89. The molecular weight excluding hydrogens is 302 g/mol. The molecule has 1 unspecified atom stereocenters. The van der Waals surface area contributed by atoms with Crippen LogP contribution in [0.2, 0.25) is 0 Å². The summed E-state index contributed by atoms with van der Waals surface area (Å²) in [5, 5.41) is 3.04. The molecule has 0 radical (unpaired) electrons. The van der Waals surface area contributed by atoms with E-state index in [1.54, 1.807) is 11.3 Å². The van der Waals surface area contributed by atoms with E-state index in [9.17, 15) is 0 Å². The Balaban J connectivity index is 2.06. The van der Waals surface area contributed by atoms with Gasteiger partial charge < -0.3 is 4.74 Å². The fourth-order valence-electron chi connectivity index (χ4n) is 2.21. The van der Waals surface area contributed by atoms with E-state index in [0.29, 0.717) is 18.6 Å². The number of aryl methyl sites for hydroxylation is 1. The van der Waals surface area contributed by atoms with Gasteiger partial charge in [-0.25, -0.2) is 4.98 Å². The van der Waals surface area contributed by atoms with E-state index in [2.05, 4.69) is 44.0 Å². The molecule has 0 amide bonds. The molecule has 1 aromatic heterocycles. The monoisotopic (exact) mass is 323 g/mol. The first-order chi connectivity index (χ1) is 10.1. The molecule has 114 valence electrons. The van der Waals surface area contributed by atoms with Crippen molar-refractivity contribution in [2.45, 2.75) is 52.2 Å². The predicted molar refractivity (Wildman–Crippen MR) is 91.0 cm³/mol. The van der Waals surface area contributed by atoms with E-state index < -0.39 is 0 Å². The molecule has 2 aromatic rings. The zero-order valence-corrected chi connectivity index (χ0v) is 14.4. The van der Waals surface area contributed by atoms with Crippen molar-refractivity contribution in [3.05, 3.63) is 40.4 Å². The summed E-state index contributed by atoms with van der Waals surface area (Å²) in [6.45, 7) is 7.13. The van der Waals surface area contributed by atoms with Gasteiger partial charge in [0.25, 0.3) is 0 Å². The Morgan fingerprint density at radius 2 is 2.19 bits per heavy atom. The molecule has 21 heavy (non-hydrogen) atoms. The Morgan fingerprint density at radius 1 is 1.38 bits per heavy atom. The standard InChI is InChI=1S/C17H22ClNOS/c1-4-5-13(3)20-10-15-7-6-14(8-12(15)2)17-19-16(9-18)11-21-17/h6-8,11,13H,4-5,9-10H2,1-3H3. The van der Waals surface area contributed by atoms with Crippen LogP contribution in [0.1, 0.15) is 43.5 Å². The zero-order chi connectivity index (χ0) is 15.2. The number of hydrogen-bond donors (Lipinski definition) is 0. The maximum absolute atomic E-state index is 5.89. The van der Waals surface area contributed by atoms with Crippen LogP contribution >= 0.6 is 22.9 Å². The molecular formula is C17H22ClNOS. The Hall–Kier alpha value is -0.900. The highest BCUT2D eigenvalue weighted by atomic mass is 35.5. The van der Waals surface area contributed by atoms with Crippen LogP contribution in [0.4, 0.5) is 0 Å². The number of thiazole rings is 1. The Morgan fingerprint density at radius 3 is 2.81 bits per heavy atom. The van der Waals surface area contributed by atoms with E-state index in [0.717, 1.165) is 29.1 Å². The summed E-state index contributed by atoms with van der Waals surface area (Å²) in [6, 6.07) is 6.44. The quantitative estimate of drug-likeness (QED) is 0.622. The zero-order valence-electron chi connectivity index (χ0n) is 12.9. The van der Waals surface area contributed by atoms with Gasteiger partial charge in [0.15, 0.2) is 0 Å². The summed E-state index contributed by atoms with van der Waals surface area (Å²) in [6.07, 6.45) is 2.59. The largest absolute Gasteiger partial charge is 0.374 e. The third-order valence-electron chi connectivity index (χ3n) is 3.50. The molecule has 1 heterocycles. The minimum atomic E-state index is 0.319. The molecule has 0 fully saturated rings. The summed E-state index contributed by atoms with van der Waals surface area (Å²) in [5.41, 5.74) is 4.59. The highest BCUT2D eigenvalue weighted by Gasteiger charge is 2.08. The lowest BCUT2D eigenvalue weighted by molar-refractivity contribution is 0.0469. The van der Waals surface area contributed by atoms with Crippen molar-refractivity contribution in [1.29, 1.82) is 0 Å². The predicted octanol–water partition coefficient (Wildman–Crippen LogP) is 5.56. The van der Waals surface area contributed by atoms with Gasteiger partial charge in [-0.1, -0.05) is 25.5 Å².